The number of pyridine rings is 2. The van der Waals surface area contributed by atoms with Crippen molar-refractivity contribution in [1.82, 2.24) is 0 Å². The predicted octanol–water partition coefficient (Wildman–Crippen LogP) is 3.20. The zero-order chi connectivity index (χ0) is 14.5. The molecule has 0 unspecified atom stereocenters. The molecule has 2 rings (SSSR count). The van der Waals surface area contributed by atoms with E-state index in [1.165, 1.54) is 35.1 Å². The van der Waals surface area contributed by atoms with Gasteiger partial charge in [0.2, 0.25) is 0 Å². The van der Waals surface area contributed by atoms with E-state index in [9.17, 15) is 0 Å². The third kappa shape index (κ3) is 4.44. The first-order valence-electron chi connectivity index (χ1n) is 7.47. The van der Waals surface area contributed by atoms with Crippen molar-refractivity contribution >= 4 is 0 Å². The van der Waals surface area contributed by atoms with Gasteiger partial charge < -0.3 is 2.85 Å². The van der Waals surface area contributed by atoms with Crippen molar-refractivity contribution in [3.63, 3.8) is 0 Å². The molecule has 0 aromatic carbocycles. The average molecular weight is 272 g/mol. The second-order valence-electron chi connectivity index (χ2n) is 5.96. The Hall–Kier alpha value is -1.70. The Morgan fingerprint density at radius 1 is 0.650 bits per heavy atom. The second kappa shape index (κ2) is 6.65. The SMILES string of the molecule is Cc1cc(C)c[n+](CCCC[n+]2cc(C)cc(C)c2)c1.[H-].[H-]. The third-order valence-corrected chi connectivity index (χ3v) is 3.47. The van der Waals surface area contributed by atoms with Crippen LogP contribution < -0.4 is 9.13 Å². The fraction of sp³-hybridized carbons (Fsp3) is 0.444. The van der Waals surface area contributed by atoms with Crippen LogP contribution >= 0.6 is 0 Å². The Kier molecular flexibility index (Phi) is 4.89. The molecule has 110 valence electrons. The summed E-state index contributed by atoms with van der Waals surface area (Å²) in [4.78, 5) is 0. The monoisotopic (exact) mass is 272 g/mol. The molecule has 0 N–H and O–H groups in total. The Labute approximate surface area is 125 Å². The van der Waals surface area contributed by atoms with Crippen molar-refractivity contribution in [2.24, 2.45) is 0 Å². The van der Waals surface area contributed by atoms with Crippen LogP contribution in [0.15, 0.2) is 36.9 Å². The second-order valence-corrected chi connectivity index (χ2v) is 5.96. The highest BCUT2D eigenvalue weighted by Crippen LogP contribution is 2.00. The van der Waals surface area contributed by atoms with Crippen molar-refractivity contribution < 1.29 is 12.0 Å². The summed E-state index contributed by atoms with van der Waals surface area (Å²) in [6, 6.07) is 4.45. The highest BCUT2D eigenvalue weighted by Gasteiger charge is 2.06. The maximum Gasteiger partial charge on any atom is 0.171 e. The Morgan fingerprint density at radius 2 is 0.950 bits per heavy atom. The van der Waals surface area contributed by atoms with E-state index < -0.39 is 0 Å². The maximum absolute atomic E-state index is 2.32. The summed E-state index contributed by atoms with van der Waals surface area (Å²) in [6.07, 6.45) is 11.4. The van der Waals surface area contributed by atoms with Gasteiger partial charge in [-0.15, -0.1) is 0 Å². The highest BCUT2D eigenvalue weighted by atomic mass is 14.9. The molecule has 0 amide bonds. The van der Waals surface area contributed by atoms with E-state index in [4.69, 9.17) is 0 Å². The van der Waals surface area contributed by atoms with Crippen molar-refractivity contribution in [3.05, 3.63) is 59.2 Å². The third-order valence-electron chi connectivity index (χ3n) is 3.47. The summed E-state index contributed by atoms with van der Waals surface area (Å²) in [7, 11) is 0. The molecule has 20 heavy (non-hydrogen) atoms. The van der Waals surface area contributed by atoms with Gasteiger partial charge in [0.15, 0.2) is 24.8 Å². The largest absolute Gasteiger partial charge is 1.00 e. The van der Waals surface area contributed by atoms with Crippen LogP contribution in [0.5, 0.6) is 0 Å². The van der Waals surface area contributed by atoms with Gasteiger partial charge in [-0.05, 0) is 39.8 Å². The fourth-order valence-corrected chi connectivity index (χ4v) is 2.84. The van der Waals surface area contributed by atoms with E-state index in [1.807, 2.05) is 0 Å². The molecule has 0 fully saturated rings. The quantitative estimate of drug-likeness (QED) is 0.583. The minimum absolute atomic E-state index is 0. The maximum atomic E-state index is 2.32. The lowest BCUT2D eigenvalue weighted by Gasteiger charge is -2.01. The number of aromatic nitrogens is 2. The van der Waals surface area contributed by atoms with Crippen LogP contribution in [-0.2, 0) is 13.1 Å². The van der Waals surface area contributed by atoms with E-state index in [2.05, 4.69) is 73.7 Å². The summed E-state index contributed by atoms with van der Waals surface area (Å²) < 4.78 is 4.63. The standard InChI is InChI=1S/C18H26N2.2H/c1-15-9-16(2)12-19(11-15)7-5-6-8-20-13-17(3)10-18(4)14-20;;/h9-14H,5-8H2,1-4H3;;/q+2;2*-1. The minimum Gasteiger partial charge on any atom is -1.00 e. The van der Waals surface area contributed by atoms with Crippen LogP contribution in [0.1, 0.15) is 37.9 Å². The van der Waals surface area contributed by atoms with Crippen LogP contribution in [-0.4, -0.2) is 0 Å². The van der Waals surface area contributed by atoms with Crippen LogP contribution in [0.25, 0.3) is 0 Å². The highest BCUT2D eigenvalue weighted by molar-refractivity contribution is 5.11. The molecule has 0 saturated carbocycles. The van der Waals surface area contributed by atoms with E-state index in [0.29, 0.717) is 0 Å². The molecule has 2 heterocycles. The Morgan fingerprint density at radius 3 is 1.25 bits per heavy atom. The number of hydrogen-bond donors (Lipinski definition) is 0. The van der Waals surface area contributed by atoms with Gasteiger partial charge in [0.1, 0.15) is 13.1 Å². The van der Waals surface area contributed by atoms with Gasteiger partial charge >= 0.3 is 0 Å². The molecule has 0 aliphatic rings. The van der Waals surface area contributed by atoms with Crippen molar-refractivity contribution in [2.45, 2.75) is 53.6 Å². The lowest BCUT2D eigenvalue weighted by molar-refractivity contribution is -0.708. The molecular formula is C18H28N2. The van der Waals surface area contributed by atoms with E-state index >= 15 is 0 Å². The number of unbranched alkanes of at least 4 members (excludes halogenated alkanes) is 1. The first-order chi connectivity index (χ1) is 9.52. The smallest absolute Gasteiger partial charge is 0.171 e. The Balaban J connectivity index is 0.00000220. The molecule has 0 bridgehead atoms. The number of hydrogen-bond acceptors (Lipinski definition) is 0. The molecule has 0 spiro atoms. The predicted molar refractivity (Wildman–Crippen MR) is 83.7 cm³/mol. The molecule has 0 atom stereocenters. The number of aryl methyl sites for hydroxylation is 6. The number of nitrogens with zero attached hydrogens (tertiary/aromatic N) is 2. The van der Waals surface area contributed by atoms with E-state index in [1.54, 1.807) is 0 Å². The molecule has 2 aromatic heterocycles. The fourth-order valence-electron chi connectivity index (χ4n) is 2.84. The lowest BCUT2D eigenvalue weighted by Crippen LogP contribution is -2.36. The van der Waals surface area contributed by atoms with Gasteiger partial charge in [-0.3, -0.25) is 0 Å². The summed E-state index contributed by atoms with van der Waals surface area (Å²) in [5.74, 6) is 0. The topological polar surface area (TPSA) is 7.76 Å². The minimum atomic E-state index is 0. The van der Waals surface area contributed by atoms with E-state index in [0.717, 1.165) is 13.1 Å². The Bertz CT molecular complexity index is 504. The average Bonchev–Trinajstić information content (AvgIpc) is 2.32. The summed E-state index contributed by atoms with van der Waals surface area (Å²) in [6.45, 7) is 10.9. The van der Waals surface area contributed by atoms with Crippen molar-refractivity contribution in [1.29, 1.82) is 0 Å². The van der Waals surface area contributed by atoms with Crippen LogP contribution in [0.3, 0.4) is 0 Å². The first-order valence-corrected chi connectivity index (χ1v) is 7.47. The van der Waals surface area contributed by atoms with Gasteiger partial charge in [0, 0.05) is 35.1 Å². The van der Waals surface area contributed by atoms with Gasteiger partial charge in [-0.2, -0.15) is 0 Å². The van der Waals surface area contributed by atoms with Gasteiger partial charge in [0.05, 0.1) is 0 Å². The van der Waals surface area contributed by atoms with Gasteiger partial charge in [0.25, 0.3) is 0 Å². The van der Waals surface area contributed by atoms with Crippen LogP contribution in [0.2, 0.25) is 0 Å². The summed E-state index contributed by atoms with van der Waals surface area (Å²) in [5, 5.41) is 0. The van der Waals surface area contributed by atoms with Gasteiger partial charge in [-0.25, -0.2) is 9.13 Å². The zero-order valence-corrected chi connectivity index (χ0v) is 13.2. The zero-order valence-electron chi connectivity index (χ0n) is 15.2. The summed E-state index contributed by atoms with van der Waals surface area (Å²) in [5.41, 5.74) is 5.37. The first kappa shape index (κ1) is 14.7. The lowest BCUT2D eigenvalue weighted by atomic mass is 10.2. The van der Waals surface area contributed by atoms with Crippen LogP contribution in [0.4, 0.5) is 0 Å². The molecule has 0 aliphatic carbocycles. The van der Waals surface area contributed by atoms with E-state index in [-0.39, 0.29) is 2.85 Å². The molecule has 2 heteroatoms. The van der Waals surface area contributed by atoms with Crippen molar-refractivity contribution in [2.75, 3.05) is 0 Å². The molecule has 0 radical (unpaired) electrons. The molecule has 0 saturated heterocycles. The number of rotatable bonds is 5. The molecular weight excluding hydrogens is 244 g/mol. The van der Waals surface area contributed by atoms with Crippen LogP contribution in [0, 0.1) is 27.7 Å². The normalized spacial score (nSPS) is 10.8. The molecule has 0 aliphatic heterocycles. The van der Waals surface area contributed by atoms with Crippen molar-refractivity contribution in [3.8, 4) is 0 Å². The molecule has 2 aromatic rings. The molecule has 2 nitrogen and oxygen atoms in total. The summed E-state index contributed by atoms with van der Waals surface area (Å²) >= 11 is 0. The van der Waals surface area contributed by atoms with Gasteiger partial charge in [-0.1, -0.05) is 0 Å².